The monoisotopic (exact) mass is 636 g/mol. The molecule has 0 bridgehead atoms. The highest BCUT2D eigenvalue weighted by Gasteiger charge is 2.19. The number of fused-ring (bicyclic) bond motifs is 9. The van der Waals surface area contributed by atoms with Crippen LogP contribution in [0.2, 0.25) is 0 Å². The summed E-state index contributed by atoms with van der Waals surface area (Å²) in [6.45, 7) is 0. The minimum Gasteiger partial charge on any atom is -0.455 e. The van der Waals surface area contributed by atoms with E-state index in [1.165, 1.54) is 49.2 Å². The van der Waals surface area contributed by atoms with Crippen LogP contribution in [0.25, 0.3) is 105 Å². The van der Waals surface area contributed by atoms with Crippen molar-refractivity contribution in [2.75, 3.05) is 0 Å². The molecule has 0 fully saturated rings. The zero-order valence-electron chi connectivity index (χ0n) is 27.0. The molecule has 4 aromatic heterocycles. The molecule has 11 rings (SSSR count). The lowest BCUT2D eigenvalue weighted by Crippen LogP contribution is -1.89. The molecule has 0 aliphatic carbocycles. The summed E-state index contributed by atoms with van der Waals surface area (Å²) < 4.78 is 9.22. The van der Waals surface area contributed by atoms with Gasteiger partial charge in [0.25, 0.3) is 0 Å². The predicted molar refractivity (Wildman–Crippen MR) is 208 cm³/mol. The van der Waals surface area contributed by atoms with Crippen molar-refractivity contribution in [1.82, 2.24) is 9.38 Å². The molecule has 4 heterocycles. The van der Waals surface area contributed by atoms with Crippen molar-refractivity contribution >= 4 is 60.0 Å². The summed E-state index contributed by atoms with van der Waals surface area (Å²) in [4.78, 5) is 5.26. The van der Waals surface area contributed by atoms with Gasteiger partial charge in [0, 0.05) is 49.0 Å². The number of aromatic nitrogens is 2. The van der Waals surface area contributed by atoms with Gasteiger partial charge in [0.05, 0.1) is 27.9 Å². The van der Waals surface area contributed by atoms with Crippen LogP contribution in [0.3, 0.4) is 0 Å². The summed E-state index contributed by atoms with van der Waals surface area (Å²) in [7, 11) is 0. The molecule has 0 radical (unpaired) electrons. The minimum atomic E-state index is 0.853. The molecule has 11 aromatic rings. The number of hydrogen-bond donors (Lipinski definition) is 0. The van der Waals surface area contributed by atoms with Gasteiger partial charge in [0.15, 0.2) is 0 Å². The highest BCUT2D eigenvalue weighted by atomic mass is 16.3. The van der Waals surface area contributed by atoms with Gasteiger partial charge in [0.2, 0.25) is 0 Å². The van der Waals surface area contributed by atoms with E-state index in [2.05, 4.69) is 168 Å². The average Bonchev–Trinajstić information content (AvgIpc) is 3.85. The van der Waals surface area contributed by atoms with Gasteiger partial charge in [-0.25, -0.2) is 4.98 Å². The zero-order valence-corrected chi connectivity index (χ0v) is 27.0. The van der Waals surface area contributed by atoms with Gasteiger partial charge in [-0.05, 0) is 47.0 Å². The van der Waals surface area contributed by atoms with Gasteiger partial charge in [-0.3, -0.25) is 0 Å². The SMILES string of the molecule is c1ccc(-c2ccc(-c3cccc4c3oc3c(-c5cccc(-c6ccc7c8cccc9c%10ccccc%10n(c7c6)c98)n5)cccc34)cc2)cc1. The number of furan rings is 1. The summed E-state index contributed by atoms with van der Waals surface area (Å²) in [5.74, 6) is 0. The van der Waals surface area contributed by atoms with E-state index in [9.17, 15) is 0 Å². The summed E-state index contributed by atoms with van der Waals surface area (Å²) >= 11 is 0. The first-order valence-electron chi connectivity index (χ1n) is 17.0. The first-order valence-corrected chi connectivity index (χ1v) is 17.0. The smallest absolute Gasteiger partial charge is 0.144 e. The normalized spacial score (nSPS) is 12.0. The number of para-hydroxylation sites is 4. The highest BCUT2D eigenvalue weighted by Crippen LogP contribution is 2.42. The van der Waals surface area contributed by atoms with E-state index in [0.29, 0.717) is 0 Å². The van der Waals surface area contributed by atoms with Crippen molar-refractivity contribution in [3.63, 3.8) is 0 Å². The number of rotatable bonds is 4. The molecule has 50 heavy (non-hydrogen) atoms. The Morgan fingerprint density at radius 1 is 0.360 bits per heavy atom. The second-order valence-electron chi connectivity index (χ2n) is 13.1. The van der Waals surface area contributed by atoms with Crippen LogP contribution in [0.15, 0.2) is 174 Å². The Balaban J connectivity index is 1.04. The fourth-order valence-electron chi connectivity index (χ4n) is 8.06. The molecule has 0 atom stereocenters. The lowest BCUT2D eigenvalue weighted by Gasteiger charge is -2.07. The second-order valence-corrected chi connectivity index (χ2v) is 13.1. The fourth-order valence-corrected chi connectivity index (χ4v) is 8.06. The molecule has 0 saturated heterocycles. The van der Waals surface area contributed by atoms with Crippen LogP contribution >= 0.6 is 0 Å². The predicted octanol–water partition coefficient (Wildman–Crippen LogP) is 12.8. The van der Waals surface area contributed by atoms with E-state index >= 15 is 0 Å². The van der Waals surface area contributed by atoms with Crippen molar-refractivity contribution < 1.29 is 4.42 Å². The van der Waals surface area contributed by atoms with Crippen molar-refractivity contribution in [2.45, 2.75) is 0 Å². The Morgan fingerprint density at radius 3 is 1.74 bits per heavy atom. The maximum atomic E-state index is 6.80. The van der Waals surface area contributed by atoms with Gasteiger partial charge in [-0.2, -0.15) is 0 Å². The fraction of sp³-hybridized carbons (Fsp3) is 0. The molecule has 3 heteroatoms. The molecule has 7 aromatic carbocycles. The van der Waals surface area contributed by atoms with Crippen molar-refractivity contribution in [3.8, 4) is 44.8 Å². The summed E-state index contributed by atoms with van der Waals surface area (Å²) in [5, 5.41) is 7.31. The molecule has 0 saturated carbocycles. The van der Waals surface area contributed by atoms with E-state index in [4.69, 9.17) is 9.40 Å². The number of benzene rings is 7. The van der Waals surface area contributed by atoms with Gasteiger partial charge in [0.1, 0.15) is 11.2 Å². The van der Waals surface area contributed by atoms with Crippen LogP contribution in [0, 0.1) is 0 Å². The summed E-state index contributed by atoms with van der Waals surface area (Å²) in [6, 6.07) is 60.4. The van der Waals surface area contributed by atoms with Crippen LogP contribution in [-0.4, -0.2) is 9.38 Å². The van der Waals surface area contributed by atoms with Crippen LogP contribution < -0.4 is 0 Å². The Hall–Kier alpha value is -6.71. The Bertz CT molecular complexity index is 3080. The van der Waals surface area contributed by atoms with Gasteiger partial charge < -0.3 is 8.82 Å². The van der Waals surface area contributed by atoms with Crippen LogP contribution in [0.1, 0.15) is 0 Å². The Kier molecular flexibility index (Phi) is 5.67. The Labute approximate surface area is 287 Å². The topological polar surface area (TPSA) is 30.4 Å². The van der Waals surface area contributed by atoms with Crippen molar-refractivity contribution in [2.24, 2.45) is 0 Å². The molecule has 0 aliphatic heterocycles. The molecule has 0 amide bonds. The molecule has 0 N–H and O–H groups in total. The first kappa shape index (κ1) is 27.3. The average molecular weight is 637 g/mol. The largest absolute Gasteiger partial charge is 0.455 e. The van der Waals surface area contributed by atoms with E-state index in [0.717, 1.165) is 55.6 Å². The maximum Gasteiger partial charge on any atom is 0.144 e. The first-order chi connectivity index (χ1) is 24.8. The molecular formula is C47H28N2O. The maximum absolute atomic E-state index is 6.80. The van der Waals surface area contributed by atoms with Crippen LogP contribution in [0.4, 0.5) is 0 Å². The lowest BCUT2D eigenvalue weighted by molar-refractivity contribution is 0.671. The van der Waals surface area contributed by atoms with Crippen molar-refractivity contribution in [1.29, 1.82) is 0 Å². The molecule has 3 nitrogen and oxygen atoms in total. The zero-order chi connectivity index (χ0) is 32.8. The van der Waals surface area contributed by atoms with Crippen LogP contribution in [-0.2, 0) is 0 Å². The number of nitrogens with zero attached hydrogens (tertiary/aromatic N) is 2. The van der Waals surface area contributed by atoms with E-state index < -0.39 is 0 Å². The third-order valence-electron chi connectivity index (χ3n) is 10.4. The molecule has 232 valence electrons. The van der Waals surface area contributed by atoms with Gasteiger partial charge >= 0.3 is 0 Å². The van der Waals surface area contributed by atoms with Crippen molar-refractivity contribution in [3.05, 3.63) is 170 Å². The van der Waals surface area contributed by atoms with E-state index in [1.807, 2.05) is 6.07 Å². The quantitative estimate of drug-likeness (QED) is 0.192. The standard InChI is InChI=1S/C47H28N2O/c1-2-10-29(11-3-1)30-22-24-31(25-23-30)33-13-6-16-38-39-17-8-18-40(47(39)50-46(33)38)42-20-9-19-41(48-42)32-26-27-35-37-15-7-14-36-34-12-4-5-21-43(34)49(45(36)37)44(35)28-32/h1-28H. The number of hydrogen-bond acceptors (Lipinski definition) is 2. The van der Waals surface area contributed by atoms with E-state index in [-0.39, 0.29) is 0 Å². The molecule has 0 spiro atoms. The molecule has 0 unspecified atom stereocenters. The Morgan fingerprint density at radius 2 is 0.920 bits per heavy atom. The highest BCUT2D eigenvalue weighted by molar-refractivity contribution is 6.23. The molecular weight excluding hydrogens is 609 g/mol. The summed E-state index contributed by atoms with van der Waals surface area (Å²) in [5.41, 5.74) is 14.0. The second kappa shape index (κ2) is 10.4. The number of pyridine rings is 1. The minimum absolute atomic E-state index is 0.853. The van der Waals surface area contributed by atoms with E-state index in [1.54, 1.807) is 0 Å². The van der Waals surface area contributed by atoms with Gasteiger partial charge in [-0.1, -0.05) is 140 Å². The molecule has 0 aliphatic rings. The third-order valence-corrected chi connectivity index (χ3v) is 10.4. The van der Waals surface area contributed by atoms with Gasteiger partial charge in [-0.15, -0.1) is 0 Å². The van der Waals surface area contributed by atoms with Crippen LogP contribution in [0.5, 0.6) is 0 Å². The third kappa shape index (κ3) is 3.89. The lowest BCUT2D eigenvalue weighted by atomic mass is 9.98. The summed E-state index contributed by atoms with van der Waals surface area (Å²) in [6.07, 6.45) is 0.